The fourth-order valence-electron chi connectivity index (χ4n) is 4.58. The molecule has 0 aliphatic carbocycles. The van der Waals surface area contributed by atoms with Crippen LogP contribution in [-0.2, 0) is 6.54 Å². The zero-order valence-corrected chi connectivity index (χ0v) is 21.8. The highest BCUT2D eigenvalue weighted by Gasteiger charge is 2.19. The first-order valence-corrected chi connectivity index (χ1v) is 12.8. The summed E-state index contributed by atoms with van der Waals surface area (Å²) in [5, 5.41) is 13.4. The van der Waals surface area contributed by atoms with Crippen molar-refractivity contribution < 1.29 is 14.7 Å². The Bertz CT molecular complexity index is 1590. The zero-order valence-electron chi connectivity index (χ0n) is 20.2. The molecule has 0 aliphatic heterocycles. The van der Waals surface area contributed by atoms with E-state index in [1.165, 1.54) is 0 Å². The van der Waals surface area contributed by atoms with Crippen molar-refractivity contribution in [3.05, 3.63) is 130 Å². The van der Waals surface area contributed by atoms with Gasteiger partial charge in [-0.2, -0.15) is 0 Å². The summed E-state index contributed by atoms with van der Waals surface area (Å²) in [5.41, 5.74) is 5.77. The lowest BCUT2D eigenvalue weighted by Gasteiger charge is -2.17. The molecule has 4 aromatic carbocycles. The fraction of sp³-hybridized carbons (Fsp3) is 0.0968. The van der Waals surface area contributed by atoms with E-state index >= 15 is 0 Å². The SMILES string of the molecule is C[C@H](NC(=O)c1cc2ccccc2n1Cc1ccccc1-c1ccc(C(=O)O)cc1)c1ccc(Br)cc1. The van der Waals surface area contributed by atoms with Crippen LogP contribution in [0.5, 0.6) is 0 Å². The topological polar surface area (TPSA) is 71.3 Å². The Morgan fingerprint density at radius 2 is 1.57 bits per heavy atom. The van der Waals surface area contributed by atoms with E-state index in [0.717, 1.165) is 37.6 Å². The Labute approximate surface area is 223 Å². The van der Waals surface area contributed by atoms with Crippen molar-refractivity contribution in [1.29, 1.82) is 0 Å². The molecule has 37 heavy (non-hydrogen) atoms. The number of amides is 1. The third-order valence-corrected chi connectivity index (χ3v) is 7.08. The number of fused-ring (bicyclic) bond motifs is 1. The van der Waals surface area contributed by atoms with Crippen molar-refractivity contribution in [2.75, 3.05) is 0 Å². The molecule has 0 radical (unpaired) electrons. The largest absolute Gasteiger partial charge is 0.478 e. The summed E-state index contributed by atoms with van der Waals surface area (Å²) in [4.78, 5) is 24.8. The van der Waals surface area contributed by atoms with E-state index in [1.807, 2.05) is 102 Å². The minimum atomic E-state index is -0.952. The monoisotopic (exact) mass is 552 g/mol. The maximum Gasteiger partial charge on any atom is 0.335 e. The molecule has 1 heterocycles. The molecule has 1 atom stereocenters. The molecule has 0 saturated heterocycles. The standard InChI is InChI=1S/C31H25BrN2O3/c1-20(21-14-16-26(32)17-15-21)33-30(35)29-18-24-6-3-5-9-28(24)34(29)19-25-7-2-4-8-27(25)22-10-12-23(13-11-22)31(36)37/h2-18,20H,19H2,1H3,(H,33,35)(H,36,37)/t20-/m0/s1. The van der Waals surface area contributed by atoms with Gasteiger partial charge in [-0.25, -0.2) is 4.79 Å². The predicted molar refractivity (Wildman–Crippen MR) is 150 cm³/mol. The predicted octanol–water partition coefficient (Wildman–Crippen LogP) is 7.31. The Balaban J connectivity index is 1.50. The molecule has 5 nitrogen and oxygen atoms in total. The number of carboxylic acid groups (broad SMARTS) is 1. The molecule has 0 aliphatic rings. The summed E-state index contributed by atoms with van der Waals surface area (Å²) < 4.78 is 3.04. The maximum absolute atomic E-state index is 13.5. The summed E-state index contributed by atoms with van der Waals surface area (Å²) in [6.45, 7) is 2.46. The number of rotatable bonds is 7. The van der Waals surface area contributed by atoms with Crippen molar-refractivity contribution in [3.8, 4) is 11.1 Å². The van der Waals surface area contributed by atoms with Gasteiger partial charge in [0.2, 0.25) is 0 Å². The van der Waals surface area contributed by atoms with Crippen LogP contribution in [0.25, 0.3) is 22.0 Å². The number of halogens is 1. The summed E-state index contributed by atoms with van der Waals surface area (Å²) in [5.74, 6) is -1.10. The highest BCUT2D eigenvalue weighted by Crippen LogP contribution is 2.28. The third-order valence-electron chi connectivity index (χ3n) is 6.55. The molecule has 2 N–H and O–H groups in total. The van der Waals surface area contributed by atoms with E-state index in [2.05, 4.69) is 21.2 Å². The van der Waals surface area contributed by atoms with Gasteiger partial charge in [0.25, 0.3) is 5.91 Å². The van der Waals surface area contributed by atoms with Gasteiger partial charge in [0.05, 0.1) is 11.6 Å². The lowest BCUT2D eigenvalue weighted by Crippen LogP contribution is -2.28. The number of aromatic nitrogens is 1. The second kappa shape index (κ2) is 10.4. The van der Waals surface area contributed by atoms with E-state index in [4.69, 9.17) is 0 Å². The van der Waals surface area contributed by atoms with Crippen LogP contribution in [0.4, 0.5) is 0 Å². The fourth-order valence-corrected chi connectivity index (χ4v) is 4.84. The van der Waals surface area contributed by atoms with Crippen molar-refractivity contribution in [2.45, 2.75) is 19.5 Å². The van der Waals surface area contributed by atoms with E-state index < -0.39 is 5.97 Å². The molecule has 184 valence electrons. The molecule has 0 saturated carbocycles. The number of aromatic carboxylic acids is 1. The van der Waals surface area contributed by atoms with Crippen LogP contribution in [0.1, 0.15) is 44.9 Å². The van der Waals surface area contributed by atoms with Crippen LogP contribution in [0, 0.1) is 0 Å². The van der Waals surface area contributed by atoms with Gasteiger partial charge < -0.3 is 15.0 Å². The average molecular weight is 553 g/mol. The minimum Gasteiger partial charge on any atom is -0.478 e. The molecule has 1 amide bonds. The highest BCUT2D eigenvalue weighted by molar-refractivity contribution is 9.10. The number of benzene rings is 4. The first kappa shape index (κ1) is 24.5. The Morgan fingerprint density at radius 3 is 2.30 bits per heavy atom. The van der Waals surface area contributed by atoms with Crippen molar-refractivity contribution >= 4 is 38.7 Å². The molecule has 6 heteroatoms. The number of carboxylic acids is 1. The van der Waals surface area contributed by atoms with Gasteiger partial charge in [-0.3, -0.25) is 4.79 Å². The number of hydrogen-bond acceptors (Lipinski definition) is 2. The Hall–Kier alpha value is -4.16. The van der Waals surface area contributed by atoms with Crippen LogP contribution in [0.2, 0.25) is 0 Å². The number of nitrogens with zero attached hydrogens (tertiary/aromatic N) is 1. The first-order chi connectivity index (χ1) is 17.9. The number of nitrogens with one attached hydrogen (secondary N) is 1. The Morgan fingerprint density at radius 1 is 0.892 bits per heavy atom. The second-order valence-electron chi connectivity index (χ2n) is 8.96. The highest BCUT2D eigenvalue weighted by atomic mass is 79.9. The molecule has 0 unspecified atom stereocenters. The van der Waals surface area contributed by atoms with Gasteiger partial charge in [-0.15, -0.1) is 0 Å². The van der Waals surface area contributed by atoms with Crippen LogP contribution < -0.4 is 5.32 Å². The lowest BCUT2D eigenvalue weighted by molar-refractivity contribution is 0.0696. The van der Waals surface area contributed by atoms with Crippen LogP contribution in [-0.4, -0.2) is 21.6 Å². The summed E-state index contributed by atoms with van der Waals surface area (Å²) >= 11 is 3.46. The van der Waals surface area contributed by atoms with Crippen molar-refractivity contribution in [2.24, 2.45) is 0 Å². The molecular formula is C31H25BrN2O3. The molecule has 0 spiro atoms. The van der Waals surface area contributed by atoms with Gasteiger partial charge in [0, 0.05) is 21.9 Å². The molecule has 5 rings (SSSR count). The summed E-state index contributed by atoms with van der Waals surface area (Å²) in [6.07, 6.45) is 0. The maximum atomic E-state index is 13.5. The molecular weight excluding hydrogens is 528 g/mol. The van der Waals surface area contributed by atoms with Crippen molar-refractivity contribution in [1.82, 2.24) is 9.88 Å². The van der Waals surface area contributed by atoms with Gasteiger partial charge in [0.1, 0.15) is 5.69 Å². The van der Waals surface area contributed by atoms with Gasteiger partial charge in [-0.05, 0) is 65.6 Å². The van der Waals surface area contributed by atoms with Crippen LogP contribution in [0.15, 0.2) is 108 Å². The second-order valence-corrected chi connectivity index (χ2v) is 9.88. The van der Waals surface area contributed by atoms with E-state index in [1.54, 1.807) is 12.1 Å². The van der Waals surface area contributed by atoms with Crippen molar-refractivity contribution in [3.63, 3.8) is 0 Å². The first-order valence-electron chi connectivity index (χ1n) is 12.0. The normalized spacial score (nSPS) is 11.8. The minimum absolute atomic E-state index is 0.144. The molecule has 5 aromatic rings. The smallest absolute Gasteiger partial charge is 0.335 e. The number of carbonyl (C=O) groups is 2. The van der Waals surface area contributed by atoms with E-state index in [0.29, 0.717) is 12.2 Å². The number of carbonyl (C=O) groups excluding carboxylic acids is 1. The van der Waals surface area contributed by atoms with Gasteiger partial charge in [-0.1, -0.05) is 82.7 Å². The number of hydrogen-bond donors (Lipinski definition) is 2. The van der Waals surface area contributed by atoms with Crippen LogP contribution in [0.3, 0.4) is 0 Å². The molecule has 0 fully saturated rings. The van der Waals surface area contributed by atoms with E-state index in [-0.39, 0.29) is 17.5 Å². The van der Waals surface area contributed by atoms with Gasteiger partial charge >= 0.3 is 5.97 Å². The zero-order chi connectivity index (χ0) is 25.9. The molecule has 1 aromatic heterocycles. The average Bonchev–Trinajstić information content (AvgIpc) is 3.28. The van der Waals surface area contributed by atoms with E-state index in [9.17, 15) is 14.7 Å². The Kier molecular flexibility index (Phi) is 6.93. The quantitative estimate of drug-likeness (QED) is 0.222. The van der Waals surface area contributed by atoms with Gasteiger partial charge in [0.15, 0.2) is 0 Å². The third kappa shape index (κ3) is 5.20. The summed E-state index contributed by atoms with van der Waals surface area (Å²) in [6, 6.07) is 32.6. The summed E-state index contributed by atoms with van der Waals surface area (Å²) in [7, 11) is 0. The molecule has 0 bridgehead atoms. The number of para-hydroxylation sites is 1. The lowest BCUT2D eigenvalue weighted by atomic mass is 9.98. The van der Waals surface area contributed by atoms with Crippen LogP contribution >= 0.6 is 15.9 Å².